The van der Waals surface area contributed by atoms with Crippen LogP contribution in [0.25, 0.3) is 0 Å². The molecule has 1 fully saturated rings. The van der Waals surface area contributed by atoms with Gasteiger partial charge in [-0.1, -0.05) is 12.8 Å². The first-order valence-electron chi connectivity index (χ1n) is 10.5. The summed E-state index contributed by atoms with van der Waals surface area (Å²) >= 11 is 0. The fourth-order valence-corrected chi connectivity index (χ4v) is 4.59. The predicted octanol–water partition coefficient (Wildman–Crippen LogP) is 1.06. The van der Waals surface area contributed by atoms with Crippen molar-refractivity contribution in [2.75, 3.05) is 19.6 Å². The third-order valence-electron chi connectivity index (χ3n) is 6.18. The van der Waals surface area contributed by atoms with E-state index in [2.05, 4.69) is 0 Å². The molecule has 1 saturated carbocycles. The van der Waals surface area contributed by atoms with Gasteiger partial charge in [0, 0.05) is 24.2 Å². The molecule has 0 amide bonds. The molecule has 1 aromatic carbocycles. The topological polar surface area (TPSA) is 199 Å². The second-order valence-electron chi connectivity index (χ2n) is 8.31. The molecular weight excluding hydrogens is 454 g/mol. The Labute approximate surface area is 194 Å². The number of nitro benzene ring substituents is 1. The zero-order chi connectivity index (χ0) is 25.6. The first-order chi connectivity index (χ1) is 15.9. The van der Waals surface area contributed by atoms with Crippen LogP contribution < -0.4 is 0 Å². The lowest BCUT2D eigenvalue weighted by atomic mass is 9.82. The van der Waals surface area contributed by atoms with E-state index in [9.17, 15) is 49.7 Å². The van der Waals surface area contributed by atoms with E-state index in [4.69, 9.17) is 0 Å². The summed E-state index contributed by atoms with van der Waals surface area (Å²) < 4.78 is 0. The van der Waals surface area contributed by atoms with Crippen LogP contribution in [0, 0.1) is 10.1 Å². The second-order valence-corrected chi connectivity index (χ2v) is 8.31. The van der Waals surface area contributed by atoms with Crippen LogP contribution in [-0.4, -0.2) is 90.7 Å². The summed E-state index contributed by atoms with van der Waals surface area (Å²) in [6.07, 6.45) is 1.88. The van der Waals surface area contributed by atoms with E-state index < -0.39 is 66.1 Å². The highest BCUT2D eigenvalue weighted by atomic mass is 16.6. The van der Waals surface area contributed by atoms with Gasteiger partial charge in [-0.3, -0.25) is 34.3 Å². The molecule has 1 aromatic rings. The molecule has 0 spiro atoms. The molecule has 3 unspecified atom stereocenters. The fourth-order valence-electron chi connectivity index (χ4n) is 4.59. The number of nitrogens with zero attached hydrogens (tertiary/aromatic N) is 3. The van der Waals surface area contributed by atoms with Gasteiger partial charge < -0.3 is 20.4 Å². The monoisotopic (exact) mass is 481 g/mol. The molecule has 0 heterocycles. The lowest BCUT2D eigenvalue weighted by Gasteiger charge is -2.49. The maximum Gasteiger partial charge on any atom is 0.328 e. The van der Waals surface area contributed by atoms with E-state index in [-0.39, 0.29) is 11.3 Å². The third kappa shape index (κ3) is 6.05. The van der Waals surface area contributed by atoms with Crippen LogP contribution >= 0.6 is 0 Å². The van der Waals surface area contributed by atoms with Crippen LogP contribution in [0.5, 0.6) is 0 Å². The molecule has 0 bridgehead atoms. The average Bonchev–Trinajstić information content (AvgIpc) is 2.75. The average molecular weight is 481 g/mol. The van der Waals surface area contributed by atoms with Gasteiger partial charge in [-0.25, -0.2) is 4.79 Å². The Hall–Kier alpha value is -3.58. The van der Waals surface area contributed by atoms with Crippen LogP contribution in [0.3, 0.4) is 0 Å². The van der Waals surface area contributed by atoms with Gasteiger partial charge in [0.05, 0.1) is 24.6 Å². The molecule has 34 heavy (non-hydrogen) atoms. The summed E-state index contributed by atoms with van der Waals surface area (Å²) in [5.41, 5.74) is -2.13. The highest BCUT2D eigenvalue weighted by Crippen LogP contribution is 2.37. The van der Waals surface area contributed by atoms with Gasteiger partial charge in [0.2, 0.25) is 0 Å². The molecule has 1 aliphatic rings. The molecule has 13 heteroatoms. The molecule has 1 aliphatic carbocycles. The lowest BCUT2D eigenvalue weighted by Crippen LogP contribution is -2.63. The number of benzene rings is 1. The summed E-state index contributed by atoms with van der Waals surface area (Å²) in [5.74, 6) is -5.28. The maximum absolute atomic E-state index is 12.6. The summed E-state index contributed by atoms with van der Waals surface area (Å²) in [6.45, 7) is -0.676. The van der Waals surface area contributed by atoms with Crippen molar-refractivity contribution in [1.82, 2.24) is 9.80 Å². The van der Waals surface area contributed by atoms with Crippen LogP contribution in [0.15, 0.2) is 24.3 Å². The van der Waals surface area contributed by atoms with Gasteiger partial charge in [-0.2, -0.15) is 0 Å². The number of hydrogen-bond donors (Lipinski definition) is 4. The van der Waals surface area contributed by atoms with E-state index in [0.717, 1.165) is 12.1 Å². The number of carbonyl (C=O) groups is 4. The second kappa shape index (κ2) is 11.0. The summed E-state index contributed by atoms with van der Waals surface area (Å²) in [4.78, 5) is 60.0. The van der Waals surface area contributed by atoms with Gasteiger partial charge >= 0.3 is 23.9 Å². The standard InChI is InChI=1S/C21H27N3O10/c1-21(20(31)32,13-6-8-14(9-7-13)24(33)34)23(12-19(29)30)16-5-3-2-4-15(16)22(10-17(25)26)11-18(27)28/h6-9,15-16H,2-5,10-12H2,1H3,(H,25,26)(H,27,28)(H,29,30)(H,31,32). The molecule has 0 saturated heterocycles. The summed E-state index contributed by atoms with van der Waals surface area (Å²) in [6, 6.07) is 3.18. The highest BCUT2D eigenvalue weighted by Gasteiger charge is 2.49. The van der Waals surface area contributed by atoms with Crippen LogP contribution in [-0.2, 0) is 24.7 Å². The van der Waals surface area contributed by atoms with E-state index in [1.54, 1.807) is 0 Å². The predicted molar refractivity (Wildman–Crippen MR) is 115 cm³/mol. The van der Waals surface area contributed by atoms with E-state index in [0.29, 0.717) is 25.7 Å². The van der Waals surface area contributed by atoms with E-state index in [1.165, 1.54) is 28.9 Å². The highest BCUT2D eigenvalue weighted by molar-refractivity contribution is 5.82. The summed E-state index contributed by atoms with van der Waals surface area (Å²) in [7, 11) is 0. The molecular formula is C21H27N3O10. The number of rotatable bonds is 12. The summed E-state index contributed by atoms with van der Waals surface area (Å²) in [5, 5.41) is 49.5. The third-order valence-corrected chi connectivity index (χ3v) is 6.18. The van der Waals surface area contributed by atoms with Crippen molar-refractivity contribution in [1.29, 1.82) is 0 Å². The zero-order valence-corrected chi connectivity index (χ0v) is 18.5. The molecule has 0 aliphatic heterocycles. The number of non-ortho nitro benzene ring substituents is 1. The Morgan fingerprint density at radius 1 is 0.912 bits per heavy atom. The minimum absolute atomic E-state index is 0.0965. The largest absolute Gasteiger partial charge is 0.480 e. The van der Waals surface area contributed by atoms with Crippen LogP contribution in [0.4, 0.5) is 5.69 Å². The quantitative estimate of drug-likeness (QED) is 0.245. The van der Waals surface area contributed by atoms with Crippen molar-refractivity contribution in [3.05, 3.63) is 39.9 Å². The normalized spacial score (nSPS) is 20.0. The molecule has 2 rings (SSSR count). The zero-order valence-electron chi connectivity index (χ0n) is 18.5. The molecule has 0 aromatic heterocycles. The Balaban J connectivity index is 2.61. The van der Waals surface area contributed by atoms with Gasteiger partial charge in [0.1, 0.15) is 5.54 Å². The number of hydrogen-bond acceptors (Lipinski definition) is 8. The van der Waals surface area contributed by atoms with Crippen molar-refractivity contribution in [2.24, 2.45) is 0 Å². The van der Waals surface area contributed by atoms with E-state index >= 15 is 0 Å². The molecule has 13 nitrogen and oxygen atoms in total. The number of aliphatic carboxylic acids is 4. The van der Waals surface area contributed by atoms with Gasteiger partial charge in [0.25, 0.3) is 5.69 Å². The Bertz CT molecular complexity index is 935. The SMILES string of the molecule is CC(C(=O)O)(c1ccc([N+](=O)[O-])cc1)N(CC(=O)O)C1CCCCC1N(CC(=O)O)CC(=O)O. The van der Waals surface area contributed by atoms with E-state index in [1.807, 2.05) is 0 Å². The van der Waals surface area contributed by atoms with Crippen LogP contribution in [0.2, 0.25) is 0 Å². The van der Waals surface area contributed by atoms with Gasteiger partial charge in [0.15, 0.2) is 0 Å². The van der Waals surface area contributed by atoms with Crippen molar-refractivity contribution >= 4 is 29.6 Å². The smallest absolute Gasteiger partial charge is 0.328 e. The maximum atomic E-state index is 12.6. The minimum atomic E-state index is -1.95. The Kier molecular flexibility index (Phi) is 8.65. The van der Waals surface area contributed by atoms with Gasteiger partial charge in [-0.05, 0) is 37.5 Å². The fraction of sp³-hybridized carbons (Fsp3) is 0.524. The first kappa shape index (κ1) is 26.7. The number of carboxylic acid groups (broad SMARTS) is 4. The Morgan fingerprint density at radius 2 is 1.38 bits per heavy atom. The molecule has 3 atom stereocenters. The first-order valence-corrected chi connectivity index (χ1v) is 10.5. The Morgan fingerprint density at radius 3 is 1.79 bits per heavy atom. The molecule has 0 radical (unpaired) electrons. The number of carboxylic acids is 4. The lowest BCUT2D eigenvalue weighted by molar-refractivity contribution is -0.384. The van der Waals surface area contributed by atoms with Gasteiger partial charge in [-0.15, -0.1) is 0 Å². The van der Waals surface area contributed by atoms with Crippen molar-refractivity contribution in [3.8, 4) is 0 Å². The van der Waals surface area contributed by atoms with Crippen LogP contribution in [0.1, 0.15) is 38.2 Å². The number of nitro groups is 1. The molecule has 4 N–H and O–H groups in total. The molecule has 186 valence electrons. The minimum Gasteiger partial charge on any atom is -0.480 e. The van der Waals surface area contributed by atoms with Crippen molar-refractivity contribution in [2.45, 2.75) is 50.2 Å². The van der Waals surface area contributed by atoms with Crippen molar-refractivity contribution in [3.63, 3.8) is 0 Å². The van der Waals surface area contributed by atoms with Crippen molar-refractivity contribution < 1.29 is 44.5 Å².